The highest BCUT2D eigenvalue weighted by molar-refractivity contribution is 5.89. The zero-order valence-electron chi connectivity index (χ0n) is 15.7. The molecule has 0 aliphatic carbocycles. The van der Waals surface area contributed by atoms with Gasteiger partial charge in [0.1, 0.15) is 17.3 Å². The quantitative estimate of drug-likeness (QED) is 0.452. The Labute approximate surface area is 169 Å². The number of fused-ring (bicyclic) bond motifs is 1. The highest BCUT2D eigenvalue weighted by Gasteiger charge is 2.19. The Morgan fingerprint density at radius 1 is 1.03 bits per heavy atom. The van der Waals surface area contributed by atoms with Crippen LogP contribution in [0.25, 0.3) is 22.6 Å². The molecule has 4 aromatic rings. The van der Waals surface area contributed by atoms with Crippen LogP contribution in [-0.4, -0.2) is 43.0 Å². The zero-order chi connectivity index (χ0) is 21.1. The van der Waals surface area contributed by atoms with Gasteiger partial charge in [0.15, 0.2) is 23.1 Å². The molecule has 0 bridgehead atoms. The Morgan fingerprint density at radius 3 is 2.67 bits per heavy atom. The lowest BCUT2D eigenvalue weighted by atomic mass is 10.2. The van der Waals surface area contributed by atoms with Crippen LogP contribution in [0.15, 0.2) is 42.7 Å². The smallest absolute Gasteiger partial charge is 0.183 e. The number of aliphatic hydroxyl groups excluding tert-OH is 1. The van der Waals surface area contributed by atoms with Crippen molar-refractivity contribution in [2.75, 3.05) is 18.5 Å². The van der Waals surface area contributed by atoms with Gasteiger partial charge in [-0.1, -0.05) is 18.2 Å². The number of rotatable bonds is 7. The molecule has 0 spiro atoms. The van der Waals surface area contributed by atoms with Crippen LogP contribution in [0, 0.1) is 17.5 Å². The van der Waals surface area contributed by atoms with Crippen molar-refractivity contribution in [3.8, 4) is 11.5 Å². The summed E-state index contributed by atoms with van der Waals surface area (Å²) in [5.41, 5.74) is 0.891. The van der Waals surface area contributed by atoms with Crippen LogP contribution in [0.1, 0.15) is 12.0 Å². The maximum atomic E-state index is 14.1. The number of pyridine rings is 1. The number of hydrogen-bond donors (Lipinski definition) is 2. The fourth-order valence-corrected chi connectivity index (χ4v) is 2.99. The number of halogens is 3. The second-order valence-corrected chi connectivity index (χ2v) is 6.52. The van der Waals surface area contributed by atoms with Crippen LogP contribution in [0.4, 0.5) is 19.0 Å². The summed E-state index contributed by atoms with van der Waals surface area (Å²) < 4.78 is 43.4. The minimum Gasteiger partial charge on any atom is -0.396 e. The van der Waals surface area contributed by atoms with Crippen LogP contribution < -0.4 is 5.32 Å². The summed E-state index contributed by atoms with van der Waals surface area (Å²) in [5.74, 6) is -1.66. The summed E-state index contributed by atoms with van der Waals surface area (Å²) in [4.78, 5) is 12.2. The van der Waals surface area contributed by atoms with E-state index >= 15 is 0 Å². The maximum absolute atomic E-state index is 14.1. The molecular formula is C20H17F3N6O. The summed E-state index contributed by atoms with van der Waals surface area (Å²) >= 11 is 0. The second-order valence-electron chi connectivity index (χ2n) is 6.52. The predicted molar refractivity (Wildman–Crippen MR) is 104 cm³/mol. The number of aliphatic hydroxyl groups is 1. The molecule has 1 aromatic carbocycles. The van der Waals surface area contributed by atoms with Crippen molar-refractivity contribution in [2.45, 2.75) is 13.0 Å². The molecule has 7 nitrogen and oxygen atoms in total. The summed E-state index contributed by atoms with van der Waals surface area (Å²) in [6.07, 6.45) is 2.44. The van der Waals surface area contributed by atoms with Crippen LogP contribution in [0.3, 0.4) is 0 Å². The Bertz CT molecular complexity index is 1200. The first-order valence-electron chi connectivity index (χ1n) is 9.20. The van der Waals surface area contributed by atoms with Gasteiger partial charge in [0.25, 0.3) is 0 Å². The minimum atomic E-state index is -0.670. The van der Waals surface area contributed by atoms with Crippen LogP contribution in [0.5, 0.6) is 0 Å². The van der Waals surface area contributed by atoms with Crippen molar-refractivity contribution >= 4 is 16.9 Å². The molecule has 30 heavy (non-hydrogen) atoms. The first-order chi connectivity index (χ1) is 14.6. The van der Waals surface area contributed by atoms with E-state index in [1.807, 2.05) is 0 Å². The molecular weight excluding hydrogens is 397 g/mol. The van der Waals surface area contributed by atoms with Gasteiger partial charge in [-0.15, -0.1) is 0 Å². The van der Waals surface area contributed by atoms with Gasteiger partial charge >= 0.3 is 0 Å². The second kappa shape index (κ2) is 8.46. The molecule has 4 rings (SSSR count). The monoisotopic (exact) mass is 414 g/mol. The van der Waals surface area contributed by atoms with Crippen molar-refractivity contribution < 1.29 is 18.3 Å². The van der Waals surface area contributed by atoms with Gasteiger partial charge in [-0.2, -0.15) is 5.10 Å². The predicted octanol–water partition coefficient (Wildman–Crippen LogP) is 3.15. The Balaban J connectivity index is 1.79. The number of hydrogen-bond acceptors (Lipinski definition) is 6. The molecule has 0 saturated carbocycles. The highest BCUT2D eigenvalue weighted by Crippen LogP contribution is 2.27. The van der Waals surface area contributed by atoms with E-state index in [1.54, 1.807) is 18.2 Å². The van der Waals surface area contributed by atoms with Gasteiger partial charge in [-0.3, -0.25) is 0 Å². The topological polar surface area (TPSA) is 88.8 Å². The van der Waals surface area contributed by atoms with Gasteiger partial charge in [-0.05, 0) is 18.6 Å². The first-order valence-corrected chi connectivity index (χ1v) is 9.20. The normalized spacial score (nSPS) is 11.2. The molecule has 0 atom stereocenters. The molecule has 0 fully saturated rings. The lowest BCUT2D eigenvalue weighted by molar-refractivity contribution is 0.292. The Hall–Kier alpha value is -3.53. The molecule has 0 aliphatic rings. The molecule has 0 saturated heterocycles. The van der Waals surface area contributed by atoms with Gasteiger partial charge < -0.3 is 10.4 Å². The summed E-state index contributed by atoms with van der Waals surface area (Å²) in [7, 11) is 0. The molecule has 3 aromatic heterocycles. The van der Waals surface area contributed by atoms with Crippen molar-refractivity contribution in [3.63, 3.8) is 0 Å². The van der Waals surface area contributed by atoms with E-state index in [2.05, 4.69) is 25.4 Å². The lowest BCUT2D eigenvalue weighted by Gasteiger charge is -2.06. The van der Waals surface area contributed by atoms with E-state index in [0.29, 0.717) is 29.6 Å². The van der Waals surface area contributed by atoms with Crippen LogP contribution >= 0.6 is 0 Å². The average molecular weight is 414 g/mol. The molecule has 0 unspecified atom stereocenters. The van der Waals surface area contributed by atoms with Crippen LogP contribution in [0.2, 0.25) is 0 Å². The van der Waals surface area contributed by atoms with E-state index < -0.39 is 17.5 Å². The minimum absolute atomic E-state index is 0.0530. The molecule has 0 amide bonds. The van der Waals surface area contributed by atoms with Crippen molar-refractivity contribution in [1.29, 1.82) is 0 Å². The van der Waals surface area contributed by atoms with E-state index in [0.717, 1.165) is 12.4 Å². The molecule has 0 radical (unpaired) electrons. The number of nitrogens with zero attached hydrogens (tertiary/aromatic N) is 5. The van der Waals surface area contributed by atoms with E-state index in [-0.39, 0.29) is 30.5 Å². The third-order valence-corrected chi connectivity index (χ3v) is 4.41. The summed E-state index contributed by atoms with van der Waals surface area (Å²) in [6.45, 7) is 0.315. The Morgan fingerprint density at radius 2 is 1.87 bits per heavy atom. The van der Waals surface area contributed by atoms with Gasteiger partial charge in [0, 0.05) is 18.7 Å². The molecule has 154 valence electrons. The van der Waals surface area contributed by atoms with Crippen molar-refractivity contribution in [2.24, 2.45) is 0 Å². The number of benzene rings is 1. The lowest BCUT2D eigenvalue weighted by Crippen LogP contribution is -2.08. The van der Waals surface area contributed by atoms with E-state index in [1.165, 1.54) is 16.8 Å². The maximum Gasteiger partial charge on any atom is 0.183 e. The van der Waals surface area contributed by atoms with Gasteiger partial charge in [0.05, 0.1) is 24.3 Å². The molecule has 3 heterocycles. The molecule has 0 aliphatic heterocycles. The summed E-state index contributed by atoms with van der Waals surface area (Å²) in [5, 5.41) is 16.4. The fourth-order valence-electron chi connectivity index (χ4n) is 2.99. The van der Waals surface area contributed by atoms with Gasteiger partial charge in [-0.25, -0.2) is 32.8 Å². The molecule has 10 heteroatoms. The molecule has 2 N–H and O–H groups in total. The first kappa shape index (κ1) is 19.8. The SMILES string of the molecule is OCCCNc1nc(-c2nn(Cc3ccccc3F)c3ncc(F)cc23)ncc1F. The van der Waals surface area contributed by atoms with Crippen molar-refractivity contribution in [1.82, 2.24) is 24.7 Å². The average Bonchev–Trinajstić information content (AvgIpc) is 3.08. The van der Waals surface area contributed by atoms with E-state index in [4.69, 9.17) is 5.11 Å². The fraction of sp³-hybridized carbons (Fsp3) is 0.200. The van der Waals surface area contributed by atoms with Gasteiger partial charge in [0.2, 0.25) is 0 Å². The van der Waals surface area contributed by atoms with Crippen LogP contribution in [-0.2, 0) is 6.54 Å². The third kappa shape index (κ3) is 3.94. The number of anilines is 1. The summed E-state index contributed by atoms with van der Waals surface area (Å²) in [6, 6.07) is 7.46. The zero-order valence-corrected chi connectivity index (χ0v) is 15.7. The standard InChI is InChI=1S/C20H17F3N6O/c21-13-8-14-17(19-25-10-16(23)18(27-19)24-6-3-7-30)28-29(20(14)26-9-13)11-12-4-1-2-5-15(12)22/h1-2,4-5,8-10,30H,3,6-7,11H2,(H,24,25,27). The third-order valence-electron chi connectivity index (χ3n) is 4.41. The number of aromatic nitrogens is 5. The largest absolute Gasteiger partial charge is 0.396 e. The van der Waals surface area contributed by atoms with Crippen molar-refractivity contribution in [3.05, 3.63) is 65.7 Å². The van der Waals surface area contributed by atoms with E-state index in [9.17, 15) is 13.2 Å². The Kier molecular flexibility index (Phi) is 5.57. The highest BCUT2D eigenvalue weighted by atomic mass is 19.1. The number of nitrogens with one attached hydrogen (secondary N) is 1.